The molecule has 6 heteroatoms. The van der Waals surface area contributed by atoms with Crippen LogP contribution in [0.2, 0.25) is 0 Å². The van der Waals surface area contributed by atoms with E-state index in [0.29, 0.717) is 12.4 Å². The Morgan fingerprint density at radius 2 is 2.15 bits per heavy atom. The lowest BCUT2D eigenvalue weighted by Crippen LogP contribution is -2.35. The summed E-state index contributed by atoms with van der Waals surface area (Å²) in [5, 5.41) is 3.51. The Balaban J connectivity index is 1.86. The van der Waals surface area contributed by atoms with Gasteiger partial charge in [-0.05, 0) is 25.0 Å². The smallest absolute Gasteiger partial charge is 0.219 e. The number of pyridine rings is 1. The highest BCUT2D eigenvalue weighted by Gasteiger charge is 2.24. The van der Waals surface area contributed by atoms with Crippen LogP contribution in [0.5, 0.6) is 0 Å². The Bertz CT molecular complexity index is 747. The Morgan fingerprint density at radius 1 is 1.27 bits per heavy atom. The third-order valence-corrected chi connectivity index (χ3v) is 4.75. The molecule has 0 unspecified atom stereocenters. The summed E-state index contributed by atoms with van der Waals surface area (Å²) in [4.78, 5) is 27.3. The highest BCUT2D eigenvalue weighted by Crippen LogP contribution is 2.27. The second-order valence-corrected chi connectivity index (χ2v) is 6.74. The van der Waals surface area contributed by atoms with Crippen molar-refractivity contribution in [2.45, 2.75) is 52.5 Å². The molecule has 0 atom stereocenters. The number of nitrogens with zero attached hydrogens (tertiary/aromatic N) is 4. The molecule has 0 bridgehead atoms. The number of rotatable bonds is 7. The van der Waals surface area contributed by atoms with Crippen molar-refractivity contribution in [1.29, 1.82) is 0 Å². The minimum Gasteiger partial charge on any atom is -0.370 e. The van der Waals surface area contributed by atoms with Gasteiger partial charge in [0.2, 0.25) is 5.91 Å². The Kier molecular flexibility index (Phi) is 6.15. The summed E-state index contributed by atoms with van der Waals surface area (Å²) < 4.78 is 0. The SMILES string of the molecule is CCCCCCNc1nc(-c2cccnc2)nc2c1CCN(C(C)=O)C2. The number of carbonyl (C=O) groups is 1. The van der Waals surface area contributed by atoms with E-state index in [9.17, 15) is 4.79 Å². The minimum absolute atomic E-state index is 0.0891. The van der Waals surface area contributed by atoms with Crippen LogP contribution in [0.3, 0.4) is 0 Å². The Hall–Kier alpha value is -2.50. The first-order valence-electron chi connectivity index (χ1n) is 9.48. The highest BCUT2D eigenvalue weighted by atomic mass is 16.2. The molecule has 1 amide bonds. The molecule has 0 fully saturated rings. The number of nitrogens with one attached hydrogen (secondary N) is 1. The first-order valence-corrected chi connectivity index (χ1v) is 9.48. The molecule has 2 aromatic heterocycles. The molecule has 2 aromatic rings. The van der Waals surface area contributed by atoms with Gasteiger partial charge in [-0.3, -0.25) is 9.78 Å². The van der Waals surface area contributed by atoms with Crippen LogP contribution in [0, 0.1) is 0 Å². The lowest BCUT2D eigenvalue weighted by atomic mass is 10.0. The standard InChI is InChI=1S/C20H27N5O/c1-3-4-5-6-11-22-20-17-9-12-25(15(2)26)14-18(17)23-19(24-20)16-8-7-10-21-13-16/h7-8,10,13H,3-6,9,11-12,14H2,1-2H3,(H,22,23,24). The second-order valence-electron chi connectivity index (χ2n) is 6.74. The molecule has 138 valence electrons. The fourth-order valence-electron chi connectivity index (χ4n) is 3.23. The number of unbranched alkanes of at least 4 members (excludes halogenated alkanes) is 3. The number of fused-ring (bicyclic) bond motifs is 1. The van der Waals surface area contributed by atoms with Crippen molar-refractivity contribution in [3.8, 4) is 11.4 Å². The summed E-state index contributed by atoms with van der Waals surface area (Å²) >= 11 is 0. The first kappa shape index (κ1) is 18.3. The normalized spacial score (nSPS) is 13.4. The molecule has 1 N–H and O–H groups in total. The van der Waals surface area contributed by atoms with Crippen LogP contribution in [0.4, 0.5) is 5.82 Å². The lowest BCUT2D eigenvalue weighted by molar-refractivity contribution is -0.129. The van der Waals surface area contributed by atoms with Crippen molar-refractivity contribution in [2.75, 3.05) is 18.4 Å². The zero-order valence-corrected chi connectivity index (χ0v) is 15.7. The summed E-state index contributed by atoms with van der Waals surface area (Å²) in [7, 11) is 0. The van der Waals surface area contributed by atoms with Crippen molar-refractivity contribution in [3.63, 3.8) is 0 Å². The van der Waals surface area contributed by atoms with Crippen LogP contribution in [-0.2, 0) is 17.8 Å². The van der Waals surface area contributed by atoms with Crippen LogP contribution in [0.15, 0.2) is 24.5 Å². The predicted octanol–water partition coefficient (Wildman–Crippen LogP) is 3.44. The van der Waals surface area contributed by atoms with E-state index in [2.05, 4.69) is 17.2 Å². The second kappa shape index (κ2) is 8.74. The van der Waals surface area contributed by atoms with Crippen LogP contribution in [0.25, 0.3) is 11.4 Å². The molecule has 1 aliphatic heterocycles. The third-order valence-electron chi connectivity index (χ3n) is 4.75. The molecular formula is C20H27N5O. The fraction of sp³-hybridized carbons (Fsp3) is 0.500. The van der Waals surface area contributed by atoms with Crippen molar-refractivity contribution in [2.24, 2.45) is 0 Å². The van der Waals surface area contributed by atoms with Crippen LogP contribution in [-0.4, -0.2) is 38.8 Å². The minimum atomic E-state index is 0.0891. The van der Waals surface area contributed by atoms with E-state index in [0.717, 1.165) is 48.6 Å². The fourth-order valence-corrected chi connectivity index (χ4v) is 3.23. The van der Waals surface area contributed by atoms with Gasteiger partial charge in [0.15, 0.2) is 5.82 Å². The van der Waals surface area contributed by atoms with E-state index in [1.807, 2.05) is 17.0 Å². The van der Waals surface area contributed by atoms with Crippen molar-refractivity contribution in [3.05, 3.63) is 35.8 Å². The molecule has 6 nitrogen and oxygen atoms in total. The van der Waals surface area contributed by atoms with E-state index in [1.165, 1.54) is 19.3 Å². The van der Waals surface area contributed by atoms with Crippen LogP contribution >= 0.6 is 0 Å². The van der Waals surface area contributed by atoms with Crippen molar-refractivity contribution in [1.82, 2.24) is 19.9 Å². The zero-order valence-electron chi connectivity index (χ0n) is 15.7. The van der Waals surface area contributed by atoms with E-state index in [1.54, 1.807) is 19.3 Å². The lowest BCUT2D eigenvalue weighted by Gasteiger charge is -2.28. The molecule has 0 radical (unpaired) electrons. The van der Waals surface area contributed by atoms with Gasteiger partial charge >= 0.3 is 0 Å². The van der Waals surface area contributed by atoms with Gasteiger partial charge < -0.3 is 10.2 Å². The first-order chi connectivity index (χ1) is 12.7. The van der Waals surface area contributed by atoms with Gasteiger partial charge in [0, 0.05) is 43.5 Å². The van der Waals surface area contributed by atoms with E-state index >= 15 is 0 Å². The number of aromatic nitrogens is 3. The van der Waals surface area contributed by atoms with Gasteiger partial charge in [-0.1, -0.05) is 26.2 Å². The molecule has 0 saturated carbocycles. The number of hydrogen-bond acceptors (Lipinski definition) is 5. The zero-order chi connectivity index (χ0) is 18.4. The summed E-state index contributed by atoms with van der Waals surface area (Å²) in [5.74, 6) is 1.66. The number of carbonyl (C=O) groups excluding carboxylic acids is 1. The quantitative estimate of drug-likeness (QED) is 0.772. The molecule has 26 heavy (non-hydrogen) atoms. The number of amides is 1. The Labute approximate surface area is 155 Å². The van der Waals surface area contributed by atoms with Gasteiger partial charge in [-0.2, -0.15) is 0 Å². The molecule has 3 heterocycles. The molecule has 3 rings (SSSR count). The third kappa shape index (κ3) is 4.36. The maximum absolute atomic E-state index is 11.8. The summed E-state index contributed by atoms with van der Waals surface area (Å²) in [6, 6.07) is 3.85. The Morgan fingerprint density at radius 3 is 2.88 bits per heavy atom. The van der Waals surface area contributed by atoms with Gasteiger partial charge in [0.25, 0.3) is 0 Å². The van der Waals surface area contributed by atoms with Crippen molar-refractivity contribution >= 4 is 11.7 Å². The number of anilines is 1. The molecule has 1 aliphatic rings. The number of hydrogen-bond donors (Lipinski definition) is 1. The average Bonchev–Trinajstić information content (AvgIpc) is 2.67. The average molecular weight is 353 g/mol. The molecule has 0 spiro atoms. The van der Waals surface area contributed by atoms with Crippen LogP contribution in [0.1, 0.15) is 50.8 Å². The van der Waals surface area contributed by atoms with Gasteiger partial charge in [-0.25, -0.2) is 9.97 Å². The molecule has 0 aliphatic carbocycles. The topological polar surface area (TPSA) is 71.0 Å². The van der Waals surface area contributed by atoms with Gasteiger partial charge in [0.05, 0.1) is 12.2 Å². The monoisotopic (exact) mass is 353 g/mol. The van der Waals surface area contributed by atoms with E-state index < -0.39 is 0 Å². The predicted molar refractivity (Wildman–Crippen MR) is 103 cm³/mol. The van der Waals surface area contributed by atoms with E-state index in [4.69, 9.17) is 9.97 Å². The molecule has 0 aromatic carbocycles. The van der Waals surface area contributed by atoms with Crippen molar-refractivity contribution < 1.29 is 4.79 Å². The highest BCUT2D eigenvalue weighted by molar-refractivity contribution is 5.74. The summed E-state index contributed by atoms with van der Waals surface area (Å²) in [6.07, 6.45) is 9.16. The molecule has 0 saturated heterocycles. The largest absolute Gasteiger partial charge is 0.370 e. The maximum Gasteiger partial charge on any atom is 0.219 e. The van der Waals surface area contributed by atoms with Crippen LogP contribution < -0.4 is 5.32 Å². The molecular weight excluding hydrogens is 326 g/mol. The summed E-state index contributed by atoms with van der Waals surface area (Å²) in [5.41, 5.74) is 2.98. The summed E-state index contributed by atoms with van der Waals surface area (Å²) in [6.45, 7) is 6.01. The van der Waals surface area contributed by atoms with E-state index in [-0.39, 0.29) is 5.91 Å². The van der Waals surface area contributed by atoms with Gasteiger partial charge in [-0.15, -0.1) is 0 Å². The maximum atomic E-state index is 11.8. The van der Waals surface area contributed by atoms with Gasteiger partial charge in [0.1, 0.15) is 5.82 Å².